The predicted octanol–water partition coefficient (Wildman–Crippen LogP) is 3.48. The van der Waals surface area contributed by atoms with Crippen molar-refractivity contribution in [3.05, 3.63) is 41.0 Å². The molecule has 1 saturated heterocycles. The van der Waals surface area contributed by atoms with Gasteiger partial charge in [0.1, 0.15) is 11.1 Å². The molecule has 1 aliphatic rings. The number of oxime groups is 1. The molecule has 7 heteroatoms. The SMILES string of the molecule is CCCS(=O)(=O)O/N=C1\SCC\C1=C(\C#N)c1ccccc1C. The molecule has 5 nitrogen and oxygen atoms in total. The van der Waals surface area contributed by atoms with E-state index in [1.807, 2.05) is 31.2 Å². The van der Waals surface area contributed by atoms with Crippen LogP contribution in [0.3, 0.4) is 0 Å². The van der Waals surface area contributed by atoms with Crippen LogP contribution in [0.15, 0.2) is 35.0 Å². The highest BCUT2D eigenvalue weighted by Crippen LogP contribution is 2.34. The van der Waals surface area contributed by atoms with E-state index in [-0.39, 0.29) is 5.75 Å². The number of hydrogen-bond donors (Lipinski definition) is 0. The van der Waals surface area contributed by atoms with Crippen molar-refractivity contribution in [1.82, 2.24) is 0 Å². The number of rotatable bonds is 5. The molecule has 122 valence electrons. The van der Waals surface area contributed by atoms with E-state index in [0.717, 1.165) is 22.5 Å². The van der Waals surface area contributed by atoms with Crippen molar-refractivity contribution in [2.24, 2.45) is 5.16 Å². The predicted molar refractivity (Wildman–Crippen MR) is 93.4 cm³/mol. The maximum absolute atomic E-state index is 11.6. The first kappa shape index (κ1) is 17.6. The largest absolute Gasteiger partial charge is 0.328 e. The minimum atomic E-state index is -3.65. The van der Waals surface area contributed by atoms with E-state index in [0.29, 0.717) is 23.5 Å². The van der Waals surface area contributed by atoms with Crippen LogP contribution in [0.4, 0.5) is 0 Å². The molecule has 2 rings (SSSR count). The minimum absolute atomic E-state index is 0.0730. The molecular formula is C16H18N2O3S2. The molecule has 1 fully saturated rings. The van der Waals surface area contributed by atoms with Crippen molar-refractivity contribution < 1.29 is 12.7 Å². The first-order chi connectivity index (χ1) is 11.0. The fraction of sp³-hybridized carbons (Fsp3) is 0.375. The fourth-order valence-corrected chi connectivity index (χ4v) is 4.06. The lowest BCUT2D eigenvalue weighted by Gasteiger charge is -2.08. The van der Waals surface area contributed by atoms with Gasteiger partial charge in [-0.05, 0) is 30.9 Å². The average Bonchev–Trinajstić information content (AvgIpc) is 2.96. The van der Waals surface area contributed by atoms with Crippen LogP contribution in [0.25, 0.3) is 5.57 Å². The van der Waals surface area contributed by atoms with Gasteiger partial charge in [-0.2, -0.15) is 13.7 Å². The first-order valence-electron chi connectivity index (χ1n) is 7.30. The van der Waals surface area contributed by atoms with Crippen molar-refractivity contribution in [3.63, 3.8) is 0 Å². The van der Waals surface area contributed by atoms with E-state index in [2.05, 4.69) is 11.2 Å². The Morgan fingerprint density at radius 1 is 1.43 bits per heavy atom. The number of thioether (sulfide) groups is 1. The summed E-state index contributed by atoms with van der Waals surface area (Å²) in [6.45, 7) is 3.70. The molecule has 1 aliphatic heterocycles. The number of aryl methyl sites for hydroxylation is 1. The van der Waals surface area contributed by atoms with Crippen molar-refractivity contribution in [2.75, 3.05) is 11.5 Å². The van der Waals surface area contributed by atoms with E-state index in [1.165, 1.54) is 11.8 Å². The Kier molecular flexibility index (Phi) is 5.85. The Morgan fingerprint density at radius 2 is 2.17 bits per heavy atom. The van der Waals surface area contributed by atoms with Crippen LogP contribution in [-0.4, -0.2) is 25.0 Å². The molecule has 0 bridgehead atoms. The summed E-state index contributed by atoms with van der Waals surface area (Å²) in [4.78, 5) is 0. The number of nitriles is 1. The van der Waals surface area contributed by atoms with E-state index in [9.17, 15) is 13.7 Å². The Morgan fingerprint density at radius 3 is 2.83 bits per heavy atom. The van der Waals surface area contributed by atoms with Gasteiger partial charge in [0, 0.05) is 11.3 Å². The Balaban J connectivity index is 2.40. The summed E-state index contributed by atoms with van der Waals surface area (Å²) in [5, 5.41) is 13.8. The van der Waals surface area contributed by atoms with Crippen LogP contribution >= 0.6 is 11.8 Å². The monoisotopic (exact) mass is 350 g/mol. The topological polar surface area (TPSA) is 79.5 Å². The molecule has 0 atom stereocenters. The van der Waals surface area contributed by atoms with Gasteiger partial charge >= 0.3 is 10.1 Å². The normalized spacial score (nSPS) is 18.7. The van der Waals surface area contributed by atoms with Crippen LogP contribution in [0.1, 0.15) is 30.9 Å². The van der Waals surface area contributed by atoms with E-state index < -0.39 is 10.1 Å². The Bertz CT molecular complexity index is 790. The number of benzene rings is 1. The third-order valence-corrected chi connectivity index (χ3v) is 5.58. The van der Waals surface area contributed by atoms with Crippen molar-refractivity contribution in [3.8, 4) is 6.07 Å². The van der Waals surface area contributed by atoms with Crippen molar-refractivity contribution in [1.29, 1.82) is 5.26 Å². The van der Waals surface area contributed by atoms with Crippen molar-refractivity contribution in [2.45, 2.75) is 26.7 Å². The lowest BCUT2D eigenvalue weighted by Crippen LogP contribution is -2.08. The highest BCUT2D eigenvalue weighted by molar-refractivity contribution is 8.14. The number of nitrogens with zero attached hydrogens (tertiary/aromatic N) is 2. The van der Waals surface area contributed by atoms with Gasteiger partial charge in [-0.3, -0.25) is 4.28 Å². The summed E-state index contributed by atoms with van der Waals surface area (Å²) >= 11 is 1.41. The Hall–Kier alpha value is -1.78. The molecule has 0 spiro atoms. The summed E-state index contributed by atoms with van der Waals surface area (Å²) in [7, 11) is -3.65. The number of allylic oxidation sites excluding steroid dienone is 1. The van der Waals surface area contributed by atoms with Gasteiger partial charge in [-0.1, -0.05) is 36.3 Å². The highest BCUT2D eigenvalue weighted by atomic mass is 32.2. The summed E-state index contributed by atoms with van der Waals surface area (Å²) in [5.41, 5.74) is 3.12. The summed E-state index contributed by atoms with van der Waals surface area (Å²) in [6, 6.07) is 9.85. The van der Waals surface area contributed by atoms with Crippen LogP contribution < -0.4 is 0 Å². The zero-order valence-electron chi connectivity index (χ0n) is 13.1. The molecule has 0 saturated carbocycles. The molecule has 1 heterocycles. The van der Waals surface area contributed by atoms with Gasteiger partial charge in [0.05, 0.1) is 11.3 Å². The van der Waals surface area contributed by atoms with Crippen LogP contribution in [0.5, 0.6) is 0 Å². The van der Waals surface area contributed by atoms with E-state index in [4.69, 9.17) is 4.28 Å². The average molecular weight is 350 g/mol. The standard InChI is InChI=1S/C16H18N2O3S2/c1-3-10-23(19,20)21-18-16-14(8-9-22-16)15(11-17)13-7-5-4-6-12(13)2/h4-7H,3,8-10H2,1-2H3/b15-14+,18-16-. The van der Waals surface area contributed by atoms with Gasteiger partial charge in [0.2, 0.25) is 0 Å². The van der Waals surface area contributed by atoms with Gasteiger partial charge < -0.3 is 0 Å². The first-order valence-corrected chi connectivity index (χ1v) is 9.86. The van der Waals surface area contributed by atoms with Gasteiger partial charge in [-0.25, -0.2) is 0 Å². The summed E-state index contributed by atoms with van der Waals surface area (Å²) in [5.74, 6) is 0.679. The van der Waals surface area contributed by atoms with Crippen LogP contribution in [-0.2, 0) is 14.4 Å². The fourth-order valence-electron chi connectivity index (χ4n) is 2.28. The molecule has 23 heavy (non-hydrogen) atoms. The molecule has 0 N–H and O–H groups in total. The zero-order chi connectivity index (χ0) is 16.9. The molecule has 1 aromatic carbocycles. The Labute approximate surface area is 141 Å². The molecule has 1 aromatic rings. The zero-order valence-corrected chi connectivity index (χ0v) is 14.7. The minimum Gasteiger partial charge on any atom is -0.267 e. The second-order valence-corrected chi connectivity index (χ2v) is 7.87. The number of hydrogen-bond acceptors (Lipinski definition) is 6. The lowest BCUT2D eigenvalue weighted by atomic mass is 9.96. The highest BCUT2D eigenvalue weighted by Gasteiger charge is 2.24. The molecule has 0 amide bonds. The van der Waals surface area contributed by atoms with Gasteiger partial charge in [-0.15, -0.1) is 11.8 Å². The summed E-state index contributed by atoms with van der Waals surface area (Å²) in [6.07, 6.45) is 1.13. The van der Waals surface area contributed by atoms with Gasteiger partial charge in [0.15, 0.2) is 0 Å². The molecule has 0 unspecified atom stereocenters. The van der Waals surface area contributed by atoms with Gasteiger partial charge in [0.25, 0.3) is 0 Å². The van der Waals surface area contributed by atoms with Crippen LogP contribution in [0.2, 0.25) is 0 Å². The second kappa shape index (κ2) is 7.66. The second-order valence-electron chi connectivity index (χ2n) is 5.11. The maximum Gasteiger partial charge on any atom is 0.328 e. The third-order valence-electron chi connectivity index (χ3n) is 3.36. The van der Waals surface area contributed by atoms with Crippen LogP contribution in [0, 0.1) is 18.3 Å². The molecule has 0 aromatic heterocycles. The third kappa shape index (κ3) is 4.36. The van der Waals surface area contributed by atoms with Crippen molar-refractivity contribution >= 4 is 32.5 Å². The summed E-state index contributed by atoms with van der Waals surface area (Å²) < 4.78 is 28.0. The molecular weight excluding hydrogens is 332 g/mol. The maximum atomic E-state index is 11.6. The quantitative estimate of drug-likeness (QED) is 0.600. The molecule has 0 aliphatic carbocycles. The molecule has 0 radical (unpaired) electrons. The lowest BCUT2D eigenvalue weighted by molar-refractivity contribution is 0.340. The smallest absolute Gasteiger partial charge is 0.267 e. The van der Waals surface area contributed by atoms with E-state index >= 15 is 0 Å². The van der Waals surface area contributed by atoms with E-state index in [1.54, 1.807) is 6.92 Å².